The lowest BCUT2D eigenvalue weighted by molar-refractivity contribution is 0.122. The minimum Gasteiger partial charge on any atom is -0.453 e. The van der Waals surface area contributed by atoms with Crippen LogP contribution in [-0.2, 0) is 14.6 Å². The third kappa shape index (κ3) is 3.10. The van der Waals surface area contributed by atoms with Crippen molar-refractivity contribution in [1.29, 1.82) is 0 Å². The third-order valence-electron chi connectivity index (χ3n) is 2.41. The van der Waals surface area contributed by atoms with Crippen molar-refractivity contribution in [3.8, 4) is 0 Å². The largest absolute Gasteiger partial charge is 0.453 e. The molecule has 0 spiro atoms. The summed E-state index contributed by atoms with van der Waals surface area (Å²) in [4.78, 5) is 12.5. The first-order valence-corrected chi connectivity index (χ1v) is 6.80. The average Bonchev–Trinajstić information content (AvgIpc) is 2.15. The molecule has 0 fully saturated rings. The Kier molecular flexibility index (Phi) is 5.25. The van der Waals surface area contributed by atoms with Crippen LogP contribution in [0.15, 0.2) is 0 Å². The summed E-state index contributed by atoms with van der Waals surface area (Å²) in [5, 5.41) is -1.37. The fourth-order valence-corrected chi connectivity index (χ4v) is 3.42. The molecule has 1 unspecified atom stereocenters. The zero-order valence-corrected chi connectivity index (χ0v) is 11.5. The van der Waals surface area contributed by atoms with Crippen LogP contribution in [0.5, 0.6) is 0 Å². The van der Waals surface area contributed by atoms with E-state index in [-0.39, 0.29) is 5.92 Å². The molecule has 0 saturated heterocycles. The van der Waals surface area contributed by atoms with Gasteiger partial charge in [0.05, 0.1) is 12.4 Å². The summed E-state index contributed by atoms with van der Waals surface area (Å²) in [6.07, 6.45) is -0.636. The number of amides is 1. The Morgan fingerprint density at radius 2 is 1.62 bits per heavy atom. The van der Waals surface area contributed by atoms with Crippen molar-refractivity contribution in [3.05, 3.63) is 0 Å². The smallest absolute Gasteiger partial charge is 0.410 e. The van der Waals surface area contributed by atoms with Crippen molar-refractivity contribution < 1.29 is 17.9 Å². The Bertz CT molecular complexity index is 335. The minimum absolute atomic E-state index is 0.184. The number of methoxy groups -OCH3 is 1. The lowest BCUT2D eigenvalue weighted by Gasteiger charge is -2.31. The number of rotatable bonds is 4. The number of hydrogen-bond donors (Lipinski definition) is 0. The van der Waals surface area contributed by atoms with Gasteiger partial charge in [0.2, 0.25) is 0 Å². The van der Waals surface area contributed by atoms with E-state index in [1.54, 1.807) is 27.7 Å². The first-order chi connectivity index (χ1) is 7.16. The first-order valence-electron chi connectivity index (χ1n) is 5.19. The van der Waals surface area contributed by atoms with E-state index >= 15 is 0 Å². The zero-order chi connectivity index (χ0) is 13.1. The van der Waals surface area contributed by atoms with Gasteiger partial charge in [-0.25, -0.2) is 13.2 Å². The van der Waals surface area contributed by atoms with Crippen LogP contribution < -0.4 is 0 Å². The van der Waals surface area contributed by atoms with Crippen LogP contribution in [0, 0.1) is 5.92 Å². The normalized spacial score (nSPS) is 14.0. The van der Waals surface area contributed by atoms with Gasteiger partial charge in [-0.05, 0) is 19.8 Å². The summed E-state index contributed by atoms with van der Waals surface area (Å²) in [6, 6.07) is 0. The number of hydrogen-bond acceptors (Lipinski definition) is 4. The summed E-state index contributed by atoms with van der Waals surface area (Å²) in [5.74, 6) is -0.184. The highest BCUT2D eigenvalue weighted by molar-refractivity contribution is 7.92. The molecule has 96 valence electrons. The van der Waals surface area contributed by atoms with Gasteiger partial charge in [-0.1, -0.05) is 13.8 Å². The van der Waals surface area contributed by atoms with E-state index in [0.717, 1.165) is 4.90 Å². The Hall–Kier alpha value is -0.780. The molecule has 5 nitrogen and oxygen atoms in total. The molecule has 0 saturated carbocycles. The van der Waals surface area contributed by atoms with E-state index in [1.165, 1.54) is 14.2 Å². The van der Waals surface area contributed by atoms with Crippen LogP contribution >= 0.6 is 0 Å². The maximum atomic E-state index is 12.1. The van der Waals surface area contributed by atoms with Gasteiger partial charge >= 0.3 is 6.09 Å². The monoisotopic (exact) mass is 251 g/mol. The van der Waals surface area contributed by atoms with Crippen LogP contribution in [0.3, 0.4) is 0 Å². The second-order valence-electron chi connectivity index (χ2n) is 4.35. The molecule has 1 atom stereocenters. The Morgan fingerprint density at radius 1 is 1.19 bits per heavy atom. The van der Waals surface area contributed by atoms with E-state index in [4.69, 9.17) is 0 Å². The molecule has 16 heavy (non-hydrogen) atoms. The lowest BCUT2D eigenvalue weighted by Crippen LogP contribution is -2.47. The number of nitrogens with zero attached hydrogens (tertiary/aromatic N) is 1. The van der Waals surface area contributed by atoms with Crippen LogP contribution in [0.4, 0.5) is 4.79 Å². The van der Waals surface area contributed by atoms with Crippen molar-refractivity contribution in [1.82, 2.24) is 4.90 Å². The van der Waals surface area contributed by atoms with E-state index in [0.29, 0.717) is 0 Å². The Morgan fingerprint density at radius 3 is 1.88 bits per heavy atom. The summed E-state index contributed by atoms with van der Waals surface area (Å²) in [7, 11) is -0.692. The maximum absolute atomic E-state index is 12.1. The van der Waals surface area contributed by atoms with Crippen molar-refractivity contribution >= 4 is 15.9 Å². The highest BCUT2D eigenvalue weighted by Gasteiger charge is 2.37. The summed E-state index contributed by atoms with van der Waals surface area (Å²) in [6.45, 7) is 6.75. The van der Waals surface area contributed by atoms with Gasteiger partial charge in [0.15, 0.2) is 9.84 Å². The number of carbonyl (C=O) groups is 1. The zero-order valence-electron chi connectivity index (χ0n) is 10.7. The SMILES string of the molecule is COC(=O)N(C)C(C(C)C)S(=O)(=O)C(C)C. The summed E-state index contributed by atoms with van der Waals surface area (Å²) >= 11 is 0. The highest BCUT2D eigenvalue weighted by atomic mass is 32.2. The van der Waals surface area contributed by atoms with Gasteiger partial charge in [-0.3, -0.25) is 4.90 Å². The molecule has 0 aromatic heterocycles. The van der Waals surface area contributed by atoms with Gasteiger partial charge in [0.1, 0.15) is 5.37 Å². The van der Waals surface area contributed by atoms with Crippen LogP contribution in [-0.4, -0.2) is 44.2 Å². The fraction of sp³-hybridized carbons (Fsp3) is 0.900. The molecule has 0 aliphatic rings. The molecule has 0 aromatic rings. The molecule has 1 amide bonds. The third-order valence-corrected chi connectivity index (χ3v) is 5.26. The molecule has 0 aliphatic heterocycles. The van der Waals surface area contributed by atoms with E-state index in [9.17, 15) is 13.2 Å². The van der Waals surface area contributed by atoms with Gasteiger partial charge in [0, 0.05) is 7.05 Å². The molecule has 0 bridgehead atoms. The van der Waals surface area contributed by atoms with E-state index < -0.39 is 26.6 Å². The van der Waals surface area contributed by atoms with Crippen LogP contribution in [0.25, 0.3) is 0 Å². The molecule has 0 aromatic carbocycles. The molecule has 6 heteroatoms. The topological polar surface area (TPSA) is 63.7 Å². The molecular formula is C10H21NO4S. The maximum Gasteiger partial charge on any atom is 0.410 e. The van der Waals surface area contributed by atoms with Crippen molar-refractivity contribution in [2.75, 3.05) is 14.2 Å². The van der Waals surface area contributed by atoms with Gasteiger partial charge in [-0.2, -0.15) is 0 Å². The van der Waals surface area contributed by atoms with Gasteiger partial charge in [-0.15, -0.1) is 0 Å². The number of sulfone groups is 1. The fourth-order valence-electron chi connectivity index (χ4n) is 1.57. The summed E-state index contributed by atoms with van der Waals surface area (Å²) in [5.41, 5.74) is 0. The standard InChI is InChI=1S/C10H21NO4S/c1-7(2)9(11(5)10(12)15-6)16(13,14)8(3)4/h7-9H,1-6H3. The average molecular weight is 251 g/mol. The molecule has 0 rings (SSSR count). The van der Waals surface area contributed by atoms with Gasteiger partial charge in [0.25, 0.3) is 0 Å². The lowest BCUT2D eigenvalue weighted by atomic mass is 10.2. The molecular weight excluding hydrogens is 230 g/mol. The molecule has 0 radical (unpaired) electrons. The van der Waals surface area contributed by atoms with Crippen LogP contribution in [0.2, 0.25) is 0 Å². The molecule has 0 heterocycles. The Labute approximate surface area is 97.7 Å². The number of ether oxygens (including phenoxy) is 1. The van der Waals surface area contributed by atoms with E-state index in [2.05, 4.69) is 4.74 Å². The van der Waals surface area contributed by atoms with Crippen LogP contribution in [0.1, 0.15) is 27.7 Å². The quantitative estimate of drug-likeness (QED) is 0.759. The first kappa shape index (κ1) is 15.2. The highest BCUT2D eigenvalue weighted by Crippen LogP contribution is 2.20. The second-order valence-corrected chi connectivity index (χ2v) is 6.96. The molecule has 0 N–H and O–H groups in total. The molecule has 0 aliphatic carbocycles. The minimum atomic E-state index is -3.37. The van der Waals surface area contributed by atoms with Crippen molar-refractivity contribution in [2.24, 2.45) is 5.92 Å². The second kappa shape index (κ2) is 5.52. The predicted molar refractivity (Wildman–Crippen MR) is 62.8 cm³/mol. The Balaban J connectivity index is 5.27. The number of carbonyl (C=O) groups excluding carboxylic acids is 1. The van der Waals surface area contributed by atoms with Crippen molar-refractivity contribution in [2.45, 2.75) is 38.3 Å². The van der Waals surface area contributed by atoms with Crippen molar-refractivity contribution in [3.63, 3.8) is 0 Å². The summed E-state index contributed by atoms with van der Waals surface area (Å²) < 4.78 is 28.7. The van der Waals surface area contributed by atoms with Gasteiger partial charge < -0.3 is 4.74 Å². The predicted octanol–water partition coefficient (Wildman–Crippen LogP) is 1.49. The van der Waals surface area contributed by atoms with E-state index in [1.807, 2.05) is 0 Å².